The SMILES string of the molecule is CCN(CC)C(=O)C(=O)c1cn(CC(=O)NCCOc2ccccc2)c2ccccc12. The van der Waals surface area contributed by atoms with Crippen molar-refractivity contribution in [2.24, 2.45) is 0 Å². The summed E-state index contributed by atoms with van der Waals surface area (Å²) in [6, 6.07) is 16.7. The van der Waals surface area contributed by atoms with E-state index in [1.165, 1.54) is 4.90 Å². The Morgan fingerprint density at radius 1 is 0.968 bits per heavy atom. The molecule has 0 aliphatic carbocycles. The summed E-state index contributed by atoms with van der Waals surface area (Å²) in [5, 5.41) is 3.48. The first kappa shape index (κ1) is 22.1. The van der Waals surface area contributed by atoms with Gasteiger partial charge in [0.15, 0.2) is 0 Å². The zero-order valence-corrected chi connectivity index (χ0v) is 17.8. The second-order valence-corrected chi connectivity index (χ2v) is 7.01. The second kappa shape index (κ2) is 10.4. The smallest absolute Gasteiger partial charge is 0.295 e. The molecule has 31 heavy (non-hydrogen) atoms. The van der Waals surface area contributed by atoms with Gasteiger partial charge in [0.05, 0.1) is 12.1 Å². The first-order chi connectivity index (χ1) is 15.0. The van der Waals surface area contributed by atoms with E-state index >= 15 is 0 Å². The van der Waals surface area contributed by atoms with Crippen LogP contribution in [0.1, 0.15) is 24.2 Å². The van der Waals surface area contributed by atoms with Crippen LogP contribution in [0.4, 0.5) is 0 Å². The predicted octanol–water partition coefficient (Wildman–Crippen LogP) is 2.89. The number of nitrogens with one attached hydrogen (secondary N) is 1. The topological polar surface area (TPSA) is 80.6 Å². The van der Waals surface area contributed by atoms with Crippen molar-refractivity contribution in [3.05, 3.63) is 66.4 Å². The van der Waals surface area contributed by atoms with Gasteiger partial charge in [-0.15, -0.1) is 0 Å². The van der Waals surface area contributed by atoms with E-state index in [1.807, 2.05) is 62.4 Å². The van der Waals surface area contributed by atoms with Crippen molar-refractivity contribution in [2.75, 3.05) is 26.2 Å². The fourth-order valence-corrected chi connectivity index (χ4v) is 3.41. The molecule has 0 radical (unpaired) electrons. The fourth-order valence-electron chi connectivity index (χ4n) is 3.41. The van der Waals surface area contributed by atoms with Gasteiger partial charge in [0.2, 0.25) is 5.91 Å². The molecule has 0 bridgehead atoms. The van der Waals surface area contributed by atoms with E-state index in [-0.39, 0.29) is 12.5 Å². The molecule has 2 amide bonds. The fraction of sp³-hybridized carbons (Fsp3) is 0.292. The Kier molecular flexibility index (Phi) is 7.43. The van der Waals surface area contributed by atoms with Crippen LogP contribution in [-0.4, -0.2) is 53.3 Å². The molecule has 1 heterocycles. The average molecular weight is 421 g/mol. The minimum absolute atomic E-state index is 0.0403. The molecule has 1 aromatic heterocycles. The molecule has 7 heteroatoms. The highest BCUT2D eigenvalue weighted by molar-refractivity contribution is 6.44. The summed E-state index contributed by atoms with van der Waals surface area (Å²) in [6.45, 7) is 5.36. The number of hydrogen-bond donors (Lipinski definition) is 1. The molecule has 7 nitrogen and oxygen atoms in total. The maximum absolute atomic E-state index is 12.8. The summed E-state index contributed by atoms with van der Waals surface area (Å²) in [4.78, 5) is 39.3. The van der Waals surface area contributed by atoms with Gasteiger partial charge in [-0.3, -0.25) is 14.4 Å². The molecule has 1 N–H and O–H groups in total. The van der Waals surface area contributed by atoms with Gasteiger partial charge >= 0.3 is 0 Å². The zero-order valence-electron chi connectivity index (χ0n) is 17.8. The lowest BCUT2D eigenvalue weighted by Crippen LogP contribution is -2.36. The normalized spacial score (nSPS) is 10.6. The summed E-state index contributed by atoms with van der Waals surface area (Å²) in [6.07, 6.45) is 1.59. The second-order valence-electron chi connectivity index (χ2n) is 7.01. The van der Waals surface area contributed by atoms with Gasteiger partial charge < -0.3 is 19.5 Å². The van der Waals surface area contributed by atoms with E-state index in [4.69, 9.17) is 4.74 Å². The molecule has 162 valence electrons. The van der Waals surface area contributed by atoms with Crippen LogP contribution in [0.3, 0.4) is 0 Å². The van der Waals surface area contributed by atoms with Crippen LogP contribution < -0.4 is 10.1 Å². The van der Waals surface area contributed by atoms with E-state index in [0.717, 1.165) is 11.3 Å². The number of amides is 2. The molecule has 0 spiro atoms. The average Bonchev–Trinajstić information content (AvgIpc) is 3.16. The third kappa shape index (κ3) is 5.31. The van der Waals surface area contributed by atoms with Crippen molar-refractivity contribution in [1.82, 2.24) is 14.8 Å². The maximum Gasteiger partial charge on any atom is 0.295 e. The number of nitrogens with zero attached hydrogens (tertiary/aromatic N) is 2. The molecule has 0 aliphatic rings. The summed E-state index contributed by atoms with van der Waals surface area (Å²) >= 11 is 0. The number of benzene rings is 2. The minimum atomic E-state index is -0.560. The van der Waals surface area contributed by atoms with Crippen molar-refractivity contribution in [1.29, 1.82) is 0 Å². The lowest BCUT2D eigenvalue weighted by Gasteiger charge is -2.17. The molecule has 0 fully saturated rings. The highest BCUT2D eigenvalue weighted by Crippen LogP contribution is 2.22. The van der Waals surface area contributed by atoms with Gasteiger partial charge in [-0.05, 0) is 32.0 Å². The number of fused-ring (bicyclic) bond motifs is 1. The van der Waals surface area contributed by atoms with Gasteiger partial charge in [0, 0.05) is 30.2 Å². The van der Waals surface area contributed by atoms with Gasteiger partial charge in [0.25, 0.3) is 11.7 Å². The number of Topliss-reactive ketones (excluding diaryl/α,β-unsaturated/α-hetero) is 1. The number of carbonyl (C=O) groups excluding carboxylic acids is 3. The van der Waals surface area contributed by atoms with Gasteiger partial charge in [0.1, 0.15) is 18.9 Å². The van der Waals surface area contributed by atoms with Gasteiger partial charge in [-0.25, -0.2) is 0 Å². The van der Waals surface area contributed by atoms with Crippen LogP contribution in [0.5, 0.6) is 5.75 Å². The van der Waals surface area contributed by atoms with E-state index in [9.17, 15) is 14.4 Å². The molecular formula is C24H27N3O4. The maximum atomic E-state index is 12.8. The molecule has 0 saturated carbocycles. The van der Waals surface area contributed by atoms with E-state index in [1.54, 1.807) is 16.8 Å². The van der Waals surface area contributed by atoms with Gasteiger partial charge in [-0.1, -0.05) is 36.4 Å². The Bertz CT molecular complexity index is 1060. The number of aromatic nitrogens is 1. The molecule has 2 aromatic carbocycles. The molecule has 0 atom stereocenters. The summed E-state index contributed by atoms with van der Waals surface area (Å²) in [5.41, 5.74) is 1.04. The molecule has 0 unspecified atom stereocenters. The third-order valence-corrected chi connectivity index (χ3v) is 5.03. The Hall–Kier alpha value is -3.61. The summed E-state index contributed by atoms with van der Waals surface area (Å²) in [7, 11) is 0. The lowest BCUT2D eigenvalue weighted by molar-refractivity contribution is -0.126. The Labute approximate surface area is 181 Å². The van der Waals surface area contributed by atoms with Gasteiger partial charge in [-0.2, -0.15) is 0 Å². The molecule has 3 aromatic rings. The third-order valence-electron chi connectivity index (χ3n) is 5.03. The number of ether oxygens (including phenoxy) is 1. The van der Waals surface area contributed by atoms with Crippen LogP contribution >= 0.6 is 0 Å². The Morgan fingerprint density at radius 2 is 1.65 bits per heavy atom. The Morgan fingerprint density at radius 3 is 2.35 bits per heavy atom. The number of carbonyl (C=O) groups is 3. The largest absolute Gasteiger partial charge is 0.492 e. The van der Waals surface area contributed by atoms with Crippen molar-refractivity contribution < 1.29 is 19.1 Å². The van der Waals surface area contributed by atoms with Crippen molar-refractivity contribution in [3.8, 4) is 5.75 Å². The standard InChI is InChI=1S/C24H27N3O4/c1-3-26(4-2)24(30)23(29)20-16-27(21-13-9-8-12-19(20)21)17-22(28)25-14-15-31-18-10-6-5-7-11-18/h5-13,16H,3-4,14-15,17H2,1-2H3,(H,25,28). The van der Waals surface area contributed by atoms with Crippen LogP contribution in [0.2, 0.25) is 0 Å². The van der Waals surface area contributed by atoms with Crippen LogP contribution in [0, 0.1) is 0 Å². The summed E-state index contributed by atoms with van der Waals surface area (Å²) in [5.74, 6) is -0.550. The molecular weight excluding hydrogens is 394 g/mol. The summed E-state index contributed by atoms with van der Waals surface area (Å²) < 4.78 is 7.27. The first-order valence-electron chi connectivity index (χ1n) is 10.4. The quantitative estimate of drug-likeness (QED) is 0.310. The highest BCUT2D eigenvalue weighted by Gasteiger charge is 2.25. The van der Waals surface area contributed by atoms with E-state index < -0.39 is 11.7 Å². The molecule has 3 rings (SSSR count). The van der Waals surface area contributed by atoms with Crippen LogP contribution in [-0.2, 0) is 16.1 Å². The van der Waals surface area contributed by atoms with E-state index in [2.05, 4.69) is 5.32 Å². The lowest BCUT2D eigenvalue weighted by atomic mass is 10.1. The predicted molar refractivity (Wildman–Crippen MR) is 119 cm³/mol. The number of hydrogen-bond acceptors (Lipinski definition) is 4. The van der Waals surface area contributed by atoms with Crippen LogP contribution in [0.15, 0.2) is 60.8 Å². The van der Waals surface area contributed by atoms with Crippen molar-refractivity contribution >= 4 is 28.5 Å². The number of likely N-dealkylation sites (N-methyl/N-ethyl adjacent to an activating group) is 1. The van der Waals surface area contributed by atoms with E-state index in [0.29, 0.717) is 37.2 Å². The first-order valence-corrected chi connectivity index (χ1v) is 10.4. The minimum Gasteiger partial charge on any atom is -0.492 e. The highest BCUT2D eigenvalue weighted by atomic mass is 16.5. The zero-order chi connectivity index (χ0) is 22.2. The number of rotatable bonds is 10. The van der Waals surface area contributed by atoms with Crippen LogP contribution in [0.25, 0.3) is 10.9 Å². The molecule has 0 saturated heterocycles. The van der Waals surface area contributed by atoms with Crippen molar-refractivity contribution in [2.45, 2.75) is 20.4 Å². The monoisotopic (exact) mass is 421 g/mol. The molecule has 0 aliphatic heterocycles. The number of para-hydroxylation sites is 2. The number of ketones is 1. The van der Waals surface area contributed by atoms with Crippen molar-refractivity contribution in [3.63, 3.8) is 0 Å². The Balaban J connectivity index is 1.67.